The van der Waals surface area contributed by atoms with Gasteiger partial charge in [-0.25, -0.2) is 0 Å². The van der Waals surface area contributed by atoms with Gasteiger partial charge in [-0.15, -0.1) is 0 Å². The number of benzene rings is 2. The largest absolute Gasteiger partial charge is 0.325 e. The summed E-state index contributed by atoms with van der Waals surface area (Å²) in [6.45, 7) is 2.51. The van der Waals surface area contributed by atoms with Crippen LogP contribution in [0.15, 0.2) is 64.0 Å². The Kier molecular flexibility index (Phi) is 5.02. The maximum Gasteiger partial charge on any atom is 0.288 e. The lowest BCUT2D eigenvalue weighted by molar-refractivity contribution is 0.768. The van der Waals surface area contributed by atoms with Crippen LogP contribution in [0.1, 0.15) is 11.1 Å². The van der Waals surface area contributed by atoms with Crippen LogP contribution in [0.5, 0.6) is 0 Å². The molecule has 2 aromatic carbocycles. The Hall–Kier alpha value is -2.11. The van der Waals surface area contributed by atoms with Gasteiger partial charge in [0, 0.05) is 16.9 Å². The summed E-state index contributed by atoms with van der Waals surface area (Å²) in [6, 6.07) is 15.6. The van der Waals surface area contributed by atoms with Gasteiger partial charge in [-0.05, 0) is 46.1 Å². The molecule has 0 spiro atoms. The zero-order valence-corrected chi connectivity index (χ0v) is 15.3. The van der Waals surface area contributed by atoms with Gasteiger partial charge in [-0.3, -0.25) is 4.79 Å². The highest BCUT2D eigenvalue weighted by atomic mass is 79.9. The number of hydrogen-bond donors (Lipinski definition) is 1. The van der Waals surface area contributed by atoms with Gasteiger partial charge < -0.3 is 9.88 Å². The Balaban J connectivity index is 2.01. The molecule has 122 valence electrons. The van der Waals surface area contributed by atoms with Gasteiger partial charge in [0.05, 0.1) is 6.54 Å². The molecule has 6 heteroatoms. The standard InChI is InChI=1S/C18H15BrClN3O/c1-12-15(20)8-5-9-16(12)21-18-22-17(24)14(19)11-23(18)10-13-6-3-2-4-7-13/h2-9,11H,10H2,1H3,(H,21,22,24). The van der Waals surface area contributed by atoms with Gasteiger partial charge in [0.25, 0.3) is 5.56 Å². The van der Waals surface area contributed by atoms with Crippen LogP contribution in [0, 0.1) is 6.92 Å². The van der Waals surface area contributed by atoms with Crippen molar-refractivity contribution in [2.45, 2.75) is 13.5 Å². The minimum Gasteiger partial charge on any atom is -0.325 e. The van der Waals surface area contributed by atoms with E-state index in [1.54, 1.807) is 6.20 Å². The molecule has 0 aliphatic carbocycles. The van der Waals surface area contributed by atoms with Gasteiger partial charge in [-0.2, -0.15) is 4.98 Å². The van der Waals surface area contributed by atoms with E-state index in [1.807, 2.05) is 60.0 Å². The molecule has 0 saturated carbocycles. The smallest absolute Gasteiger partial charge is 0.288 e. The first-order valence-electron chi connectivity index (χ1n) is 7.37. The Morgan fingerprint density at radius 2 is 1.92 bits per heavy atom. The Labute approximate surface area is 153 Å². The van der Waals surface area contributed by atoms with Crippen molar-refractivity contribution in [3.63, 3.8) is 0 Å². The van der Waals surface area contributed by atoms with E-state index in [4.69, 9.17) is 11.6 Å². The van der Waals surface area contributed by atoms with E-state index < -0.39 is 0 Å². The van der Waals surface area contributed by atoms with Crippen molar-refractivity contribution in [3.8, 4) is 0 Å². The molecule has 1 heterocycles. The molecule has 0 amide bonds. The van der Waals surface area contributed by atoms with Crippen LogP contribution in [0.25, 0.3) is 0 Å². The molecule has 0 aliphatic rings. The lowest BCUT2D eigenvalue weighted by Gasteiger charge is -2.16. The molecule has 3 aromatic rings. The maximum absolute atomic E-state index is 11.9. The highest BCUT2D eigenvalue weighted by Crippen LogP contribution is 2.25. The zero-order chi connectivity index (χ0) is 17.1. The predicted octanol–water partition coefficient (Wildman–Crippen LogP) is 4.76. The minimum absolute atomic E-state index is 0.318. The van der Waals surface area contributed by atoms with Crippen molar-refractivity contribution in [2.75, 3.05) is 5.32 Å². The molecule has 0 unspecified atom stereocenters. The van der Waals surface area contributed by atoms with Crippen LogP contribution in [-0.2, 0) is 6.54 Å². The van der Waals surface area contributed by atoms with E-state index in [2.05, 4.69) is 26.2 Å². The minimum atomic E-state index is -0.318. The number of nitrogens with one attached hydrogen (secondary N) is 1. The van der Waals surface area contributed by atoms with Gasteiger partial charge in [0.2, 0.25) is 5.95 Å². The first-order valence-corrected chi connectivity index (χ1v) is 8.55. The molecule has 1 N–H and O–H groups in total. The molecule has 4 nitrogen and oxygen atoms in total. The summed E-state index contributed by atoms with van der Waals surface area (Å²) in [4.78, 5) is 16.1. The predicted molar refractivity (Wildman–Crippen MR) is 101 cm³/mol. The number of aromatic nitrogens is 2. The van der Waals surface area contributed by atoms with Gasteiger partial charge in [0.15, 0.2) is 0 Å². The van der Waals surface area contributed by atoms with Crippen LogP contribution in [-0.4, -0.2) is 9.55 Å². The summed E-state index contributed by atoms with van der Waals surface area (Å²) in [7, 11) is 0. The van der Waals surface area contributed by atoms with E-state index >= 15 is 0 Å². The first-order chi connectivity index (χ1) is 11.5. The number of hydrogen-bond acceptors (Lipinski definition) is 3. The summed E-state index contributed by atoms with van der Waals surface area (Å²) < 4.78 is 2.31. The van der Waals surface area contributed by atoms with Gasteiger partial charge >= 0.3 is 0 Å². The van der Waals surface area contributed by atoms with Gasteiger partial charge in [-0.1, -0.05) is 48.0 Å². The first kappa shape index (κ1) is 16.7. The number of anilines is 2. The second-order valence-corrected chi connectivity index (χ2v) is 6.63. The summed E-state index contributed by atoms with van der Waals surface area (Å²) in [5, 5.41) is 3.88. The Bertz CT molecular complexity index is 925. The van der Waals surface area contributed by atoms with Crippen molar-refractivity contribution >= 4 is 39.2 Å². The molecule has 0 atom stereocenters. The maximum atomic E-state index is 11.9. The highest BCUT2D eigenvalue weighted by Gasteiger charge is 2.10. The average Bonchev–Trinajstić information content (AvgIpc) is 2.57. The fourth-order valence-corrected chi connectivity index (χ4v) is 2.84. The molecular formula is C18H15BrClN3O. The Morgan fingerprint density at radius 1 is 1.17 bits per heavy atom. The van der Waals surface area contributed by atoms with Crippen LogP contribution in [0.2, 0.25) is 5.02 Å². The van der Waals surface area contributed by atoms with E-state index in [0.29, 0.717) is 22.0 Å². The Morgan fingerprint density at radius 3 is 2.67 bits per heavy atom. The SMILES string of the molecule is Cc1c(Cl)cccc1Nc1nc(=O)c(Br)cn1Cc1ccccc1. The lowest BCUT2D eigenvalue weighted by atomic mass is 10.2. The molecule has 24 heavy (non-hydrogen) atoms. The number of nitrogens with zero attached hydrogens (tertiary/aromatic N) is 2. The van der Waals surface area contributed by atoms with Gasteiger partial charge in [0.1, 0.15) is 4.47 Å². The average molecular weight is 405 g/mol. The number of halogens is 2. The fourth-order valence-electron chi connectivity index (χ4n) is 2.33. The zero-order valence-electron chi connectivity index (χ0n) is 13.0. The third-order valence-corrected chi connectivity index (χ3v) is 4.62. The second-order valence-electron chi connectivity index (χ2n) is 5.37. The normalized spacial score (nSPS) is 10.6. The van der Waals surface area contributed by atoms with E-state index in [1.165, 1.54) is 0 Å². The summed E-state index contributed by atoms with van der Waals surface area (Å²) in [5.41, 5.74) is 2.52. The topological polar surface area (TPSA) is 46.9 Å². The number of rotatable bonds is 4. The fraction of sp³-hybridized carbons (Fsp3) is 0.111. The van der Waals surface area contributed by atoms with Crippen LogP contribution < -0.4 is 10.9 Å². The third kappa shape index (κ3) is 3.68. The molecule has 0 fully saturated rings. The van der Waals surface area contributed by atoms with Crippen molar-refractivity contribution in [1.29, 1.82) is 0 Å². The van der Waals surface area contributed by atoms with Crippen molar-refractivity contribution in [1.82, 2.24) is 9.55 Å². The molecule has 0 saturated heterocycles. The summed E-state index contributed by atoms with van der Waals surface area (Å²) in [5.74, 6) is 0.470. The lowest BCUT2D eigenvalue weighted by Crippen LogP contribution is -2.18. The molecule has 3 rings (SSSR count). The second kappa shape index (κ2) is 7.20. The van der Waals surface area contributed by atoms with E-state index in [-0.39, 0.29) is 5.56 Å². The molecule has 0 aliphatic heterocycles. The molecule has 1 aromatic heterocycles. The van der Waals surface area contributed by atoms with Crippen molar-refractivity contribution in [2.24, 2.45) is 0 Å². The van der Waals surface area contributed by atoms with Crippen LogP contribution in [0.4, 0.5) is 11.6 Å². The third-order valence-electron chi connectivity index (χ3n) is 3.66. The van der Waals surface area contributed by atoms with Crippen molar-refractivity contribution < 1.29 is 0 Å². The van der Waals surface area contributed by atoms with Crippen LogP contribution >= 0.6 is 27.5 Å². The molecule has 0 bridgehead atoms. The quantitative estimate of drug-likeness (QED) is 0.682. The van der Waals surface area contributed by atoms with E-state index in [0.717, 1.165) is 16.8 Å². The monoisotopic (exact) mass is 403 g/mol. The molecule has 0 radical (unpaired) electrons. The molecular weight excluding hydrogens is 390 g/mol. The van der Waals surface area contributed by atoms with E-state index in [9.17, 15) is 4.79 Å². The highest BCUT2D eigenvalue weighted by molar-refractivity contribution is 9.10. The summed E-state index contributed by atoms with van der Waals surface area (Å²) in [6.07, 6.45) is 1.74. The summed E-state index contributed by atoms with van der Waals surface area (Å²) >= 11 is 9.43. The van der Waals surface area contributed by atoms with Crippen LogP contribution in [0.3, 0.4) is 0 Å². The van der Waals surface area contributed by atoms with Crippen molar-refractivity contribution in [3.05, 3.63) is 85.7 Å².